The number of thiol groups is 1. The standard InChI is InChI=1S/C10H16O4S/c1-3-5-13-9(11)7-8(15)10(12)14-6-4-2/h4,8,15H,2-3,5-7H2,1H3. The molecule has 0 fully saturated rings. The highest BCUT2D eigenvalue weighted by Crippen LogP contribution is 2.05. The van der Waals surface area contributed by atoms with E-state index < -0.39 is 17.2 Å². The Morgan fingerprint density at radius 2 is 2.13 bits per heavy atom. The first kappa shape index (κ1) is 14.0. The summed E-state index contributed by atoms with van der Waals surface area (Å²) in [6.07, 6.45) is 2.14. The van der Waals surface area contributed by atoms with Crippen LogP contribution < -0.4 is 0 Å². The summed E-state index contributed by atoms with van der Waals surface area (Å²) in [7, 11) is 0. The van der Waals surface area contributed by atoms with E-state index in [1.165, 1.54) is 6.08 Å². The lowest BCUT2D eigenvalue weighted by Crippen LogP contribution is -2.22. The van der Waals surface area contributed by atoms with Gasteiger partial charge in [-0.3, -0.25) is 9.59 Å². The normalized spacial score (nSPS) is 11.6. The molecule has 0 amide bonds. The fourth-order valence-corrected chi connectivity index (χ4v) is 0.977. The Morgan fingerprint density at radius 3 is 2.67 bits per heavy atom. The minimum absolute atomic E-state index is 0.0703. The summed E-state index contributed by atoms with van der Waals surface area (Å²) in [5.41, 5.74) is 0. The van der Waals surface area contributed by atoms with Crippen molar-refractivity contribution in [3.63, 3.8) is 0 Å². The Labute approximate surface area is 95.0 Å². The first-order valence-electron chi connectivity index (χ1n) is 4.73. The highest BCUT2D eigenvalue weighted by Gasteiger charge is 2.19. The molecule has 15 heavy (non-hydrogen) atoms. The van der Waals surface area contributed by atoms with E-state index in [-0.39, 0.29) is 13.0 Å². The molecular formula is C10H16O4S. The number of ether oxygens (including phenoxy) is 2. The highest BCUT2D eigenvalue weighted by molar-refractivity contribution is 7.81. The van der Waals surface area contributed by atoms with Crippen LogP contribution in [0, 0.1) is 0 Å². The second kappa shape index (κ2) is 8.35. The van der Waals surface area contributed by atoms with Crippen molar-refractivity contribution in [2.24, 2.45) is 0 Å². The third-order valence-electron chi connectivity index (χ3n) is 1.44. The van der Waals surface area contributed by atoms with E-state index in [4.69, 9.17) is 9.47 Å². The third kappa shape index (κ3) is 7.02. The van der Waals surface area contributed by atoms with Crippen LogP contribution in [0.1, 0.15) is 19.8 Å². The molecule has 4 nitrogen and oxygen atoms in total. The van der Waals surface area contributed by atoms with Crippen LogP contribution in [-0.2, 0) is 19.1 Å². The smallest absolute Gasteiger partial charge is 0.319 e. The maximum atomic E-state index is 11.2. The van der Waals surface area contributed by atoms with Gasteiger partial charge in [0.05, 0.1) is 13.0 Å². The number of rotatable bonds is 7. The van der Waals surface area contributed by atoms with Gasteiger partial charge in [0.15, 0.2) is 0 Å². The predicted molar refractivity (Wildman–Crippen MR) is 59.8 cm³/mol. The molecule has 0 heterocycles. The summed E-state index contributed by atoms with van der Waals surface area (Å²) >= 11 is 3.95. The van der Waals surface area contributed by atoms with E-state index >= 15 is 0 Å². The summed E-state index contributed by atoms with van der Waals surface area (Å²) in [6, 6.07) is 0. The summed E-state index contributed by atoms with van der Waals surface area (Å²) in [4.78, 5) is 22.2. The summed E-state index contributed by atoms with van der Waals surface area (Å²) in [6.45, 7) is 5.78. The van der Waals surface area contributed by atoms with Crippen LogP contribution in [0.2, 0.25) is 0 Å². The maximum Gasteiger partial charge on any atom is 0.319 e. The van der Waals surface area contributed by atoms with Crippen LogP contribution in [0.5, 0.6) is 0 Å². The molecule has 0 aliphatic carbocycles. The van der Waals surface area contributed by atoms with Crippen LogP contribution in [0.15, 0.2) is 12.7 Å². The molecule has 0 aromatic heterocycles. The zero-order valence-electron chi connectivity index (χ0n) is 8.77. The van der Waals surface area contributed by atoms with Gasteiger partial charge in [-0.15, -0.1) is 0 Å². The van der Waals surface area contributed by atoms with Crippen LogP contribution in [0.25, 0.3) is 0 Å². The van der Waals surface area contributed by atoms with E-state index in [2.05, 4.69) is 19.2 Å². The van der Waals surface area contributed by atoms with E-state index in [1.54, 1.807) is 0 Å². The lowest BCUT2D eigenvalue weighted by molar-refractivity contribution is -0.149. The van der Waals surface area contributed by atoms with Crippen molar-refractivity contribution >= 4 is 24.6 Å². The van der Waals surface area contributed by atoms with Gasteiger partial charge in [0.25, 0.3) is 0 Å². The van der Waals surface area contributed by atoms with Crippen LogP contribution >= 0.6 is 12.6 Å². The fraction of sp³-hybridized carbons (Fsp3) is 0.600. The van der Waals surface area contributed by atoms with Gasteiger partial charge < -0.3 is 9.47 Å². The highest BCUT2D eigenvalue weighted by atomic mass is 32.1. The molecule has 1 unspecified atom stereocenters. The zero-order valence-corrected chi connectivity index (χ0v) is 9.66. The van der Waals surface area contributed by atoms with Crippen molar-refractivity contribution in [2.45, 2.75) is 25.0 Å². The van der Waals surface area contributed by atoms with Gasteiger partial charge in [0.2, 0.25) is 0 Å². The maximum absolute atomic E-state index is 11.2. The average molecular weight is 232 g/mol. The first-order valence-corrected chi connectivity index (χ1v) is 5.24. The van der Waals surface area contributed by atoms with Crippen molar-refractivity contribution in [3.8, 4) is 0 Å². The van der Waals surface area contributed by atoms with Crippen molar-refractivity contribution in [1.29, 1.82) is 0 Å². The molecule has 5 heteroatoms. The minimum atomic E-state index is -0.769. The predicted octanol–water partition coefficient (Wildman–Crippen LogP) is 1.36. The molecule has 0 N–H and O–H groups in total. The van der Waals surface area contributed by atoms with Gasteiger partial charge in [-0.25, -0.2) is 0 Å². The van der Waals surface area contributed by atoms with Crippen molar-refractivity contribution in [3.05, 3.63) is 12.7 Å². The fourth-order valence-electron chi connectivity index (χ4n) is 0.753. The van der Waals surface area contributed by atoms with Crippen LogP contribution in [0.3, 0.4) is 0 Å². The van der Waals surface area contributed by atoms with Gasteiger partial charge in [-0.1, -0.05) is 19.6 Å². The Kier molecular flexibility index (Phi) is 7.81. The van der Waals surface area contributed by atoms with E-state index in [0.29, 0.717) is 6.61 Å². The zero-order chi connectivity index (χ0) is 11.7. The third-order valence-corrected chi connectivity index (χ3v) is 1.84. The number of carbonyl (C=O) groups is 2. The molecule has 86 valence electrons. The molecule has 0 bridgehead atoms. The first-order chi connectivity index (χ1) is 7.11. The Morgan fingerprint density at radius 1 is 1.47 bits per heavy atom. The lowest BCUT2D eigenvalue weighted by Gasteiger charge is -2.09. The molecule has 0 aliphatic heterocycles. The Hall–Kier alpha value is -0.970. The van der Waals surface area contributed by atoms with Gasteiger partial charge in [-0.05, 0) is 6.42 Å². The molecular weight excluding hydrogens is 216 g/mol. The average Bonchev–Trinajstić information content (AvgIpc) is 2.22. The number of hydrogen-bond donors (Lipinski definition) is 1. The monoisotopic (exact) mass is 232 g/mol. The molecule has 0 aliphatic rings. The SMILES string of the molecule is C=CCOC(=O)C(S)CC(=O)OCCC. The molecule has 1 atom stereocenters. The van der Waals surface area contributed by atoms with Gasteiger partial charge in [0, 0.05) is 0 Å². The second-order valence-corrected chi connectivity index (χ2v) is 3.48. The summed E-state index contributed by atoms with van der Waals surface area (Å²) in [5, 5.41) is -0.769. The molecule has 0 aromatic carbocycles. The largest absolute Gasteiger partial charge is 0.466 e. The van der Waals surface area contributed by atoms with Crippen LogP contribution in [-0.4, -0.2) is 30.4 Å². The number of carbonyl (C=O) groups excluding carboxylic acids is 2. The van der Waals surface area contributed by atoms with Crippen molar-refractivity contribution in [2.75, 3.05) is 13.2 Å². The molecule has 0 radical (unpaired) electrons. The molecule has 0 saturated heterocycles. The van der Waals surface area contributed by atoms with Gasteiger partial charge >= 0.3 is 11.9 Å². The van der Waals surface area contributed by atoms with Gasteiger partial charge in [0.1, 0.15) is 11.9 Å². The van der Waals surface area contributed by atoms with E-state index in [0.717, 1.165) is 6.42 Å². The quantitative estimate of drug-likeness (QED) is 0.409. The van der Waals surface area contributed by atoms with E-state index in [9.17, 15) is 9.59 Å². The molecule has 0 rings (SSSR count). The summed E-state index contributed by atoms with van der Waals surface area (Å²) < 4.78 is 9.52. The molecule has 0 aromatic rings. The topological polar surface area (TPSA) is 52.6 Å². The second-order valence-electron chi connectivity index (χ2n) is 2.86. The Bertz CT molecular complexity index is 227. The summed E-state index contributed by atoms with van der Waals surface area (Å²) in [5.74, 6) is -0.973. The minimum Gasteiger partial charge on any atom is -0.466 e. The molecule has 0 spiro atoms. The lowest BCUT2D eigenvalue weighted by atomic mass is 10.3. The number of esters is 2. The van der Waals surface area contributed by atoms with Crippen LogP contribution in [0.4, 0.5) is 0 Å². The Balaban J connectivity index is 3.79. The van der Waals surface area contributed by atoms with E-state index in [1.807, 2.05) is 6.92 Å². The van der Waals surface area contributed by atoms with Gasteiger partial charge in [-0.2, -0.15) is 12.6 Å². The molecule has 0 saturated carbocycles. The van der Waals surface area contributed by atoms with Crippen molar-refractivity contribution in [1.82, 2.24) is 0 Å². The number of hydrogen-bond acceptors (Lipinski definition) is 5. The van der Waals surface area contributed by atoms with Crippen molar-refractivity contribution < 1.29 is 19.1 Å².